The second-order valence-corrected chi connectivity index (χ2v) is 10.6. The van der Waals surface area contributed by atoms with Gasteiger partial charge in [0.15, 0.2) is 11.5 Å². The molecule has 1 amide bonds. The van der Waals surface area contributed by atoms with Crippen molar-refractivity contribution in [3.8, 4) is 17.2 Å². The van der Waals surface area contributed by atoms with E-state index >= 15 is 0 Å². The van der Waals surface area contributed by atoms with E-state index in [1.165, 1.54) is 7.11 Å². The molecule has 1 unspecified atom stereocenters. The highest BCUT2D eigenvalue weighted by atomic mass is 79.9. The van der Waals surface area contributed by atoms with Crippen molar-refractivity contribution in [2.75, 3.05) is 24.4 Å². The number of amides is 1. The van der Waals surface area contributed by atoms with E-state index in [4.69, 9.17) is 37.4 Å². The van der Waals surface area contributed by atoms with Gasteiger partial charge in [-0.3, -0.25) is 4.79 Å². The molecule has 2 N–H and O–H groups in total. The molecule has 0 bridgehead atoms. The first-order valence-electron chi connectivity index (χ1n) is 12.5. The minimum Gasteiger partial charge on any atom is -0.493 e. The number of para-hydroxylation sites is 2. The Morgan fingerprint density at radius 2 is 1.85 bits per heavy atom. The van der Waals surface area contributed by atoms with Gasteiger partial charge in [-0.05, 0) is 82.2 Å². The second-order valence-electron chi connectivity index (χ2n) is 8.92. The predicted molar refractivity (Wildman–Crippen MR) is 160 cm³/mol. The number of ether oxygens (including phenoxy) is 3. The summed E-state index contributed by atoms with van der Waals surface area (Å²) in [6, 6.07) is 15.4. The predicted octanol–water partition coefficient (Wildman–Crippen LogP) is 6.66. The lowest BCUT2D eigenvalue weighted by Gasteiger charge is -2.29. The van der Waals surface area contributed by atoms with Gasteiger partial charge < -0.3 is 24.8 Å². The quantitative estimate of drug-likeness (QED) is 0.205. The number of benzene rings is 3. The van der Waals surface area contributed by atoms with Crippen molar-refractivity contribution in [2.45, 2.75) is 26.5 Å². The summed E-state index contributed by atoms with van der Waals surface area (Å²) in [6.07, 6.45) is 0. The van der Waals surface area contributed by atoms with E-state index in [0.717, 1.165) is 0 Å². The number of methoxy groups -OCH3 is 1. The minimum atomic E-state index is -0.697. The Morgan fingerprint density at radius 1 is 1.10 bits per heavy atom. The lowest BCUT2D eigenvalue weighted by Crippen LogP contribution is -2.31. The van der Waals surface area contributed by atoms with Gasteiger partial charge in [0.1, 0.15) is 18.4 Å². The van der Waals surface area contributed by atoms with Crippen LogP contribution in [0.5, 0.6) is 17.2 Å². The van der Waals surface area contributed by atoms with E-state index < -0.39 is 6.04 Å². The fraction of sp³-hybridized carbons (Fsp3) is 0.214. The fourth-order valence-corrected chi connectivity index (χ4v) is 5.59. The molecule has 1 aromatic heterocycles. The third-order valence-electron chi connectivity index (χ3n) is 6.38. The van der Waals surface area contributed by atoms with Crippen LogP contribution in [-0.2, 0) is 11.4 Å². The number of carbonyl (C=O) groups excluding carboxylic acids is 1. The van der Waals surface area contributed by atoms with Crippen LogP contribution >= 0.6 is 39.1 Å². The van der Waals surface area contributed by atoms with Crippen molar-refractivity contribution >= 4 is 56.7 Å². The van der Waals surface area contributed by atoms with Crippen LogP contribution in [0.1, 0.15) is 31.0 Å². The van der Waals surface area contributed by atoms with Gasteiger partial charge in [0.05, 0.1) is 29.4 Å². The second kappa shape index (κ2) is 12.4. The summed E-state index contributed by atoms with van der Waals surface area (Å²) < 4.78 is 19.6. The van der Waals surface area contributed by atoms with Crippen LogP contribution in [0.4, 0.5) is 11.6 Å². The molecule has 2 heterocycles. The molecule has 0 saturated carbocycles. The first kappa shape index (κ1) is 28.7. The number of nitrogens with zero attached hydrogens (tertiary/aromatic N) is 4. The van der Waals surface area contributed by atoms with Gasteiger partial charge in [0.25, 0.3) is 5.91 Å². The molecule has 5 rings (SSSR count). The summed E-state index contributed by atoms with van der Waals surface area (Å²) >= 11 is 16.3. The maximum absolute atomic E-state index is 13.8. The average Bonchev–Trinajstić information content (AvgIpc) is 3.41. The SMILES string of the molecule is CCOc1ccccc1NC(=O)C1=C(C)Nc2nnnn2C1c1cc(Br)c(OCc2c(Cl)cccc2Cl)c(OC)c1. The summed E-state index contributed by atoms with van der Waals surface area (Å²) in [4.78, 5) is 13.8. The van der Waals surface area contributed by atoms with Gasteiger partial charge in [0, 0.05) is 21.3 Å². The standard InChI is InChI=1S/C28H25BrCl2N6O4/c1-4-40-22-11-6-5-10-21(22)33-27(38)24-15(2)32-28-34-35-36-37(28)25(24)16-12-18(29)26(23(13-16)39-3)41-14-17-19(30)8-7-9-20(17)31/h5-13,25H,4,14H2,1-3H3,(H,33,38)(H,32,34,36). The molecular formula is C28H25BrCl2N6O4. The summed E-state index contributed by atoms with van der Waals surface area (Å²) in [5.74, 6) is 1.47. The molecule has 4 aromatic rings. The number of allylic oxidation sites excluding steroid dienone is 1. The zero-order valence-corrected chi connectivity index (χ0v) is 25.3. The maximum Gasteiger partial charge on any atom is 0.255 e. The lowest BCUT2D eigenvalue weighted by atomic mass is 9.94. The van der Waals surface area contributed by atoms with Crippen LogP contribution < -0.4 is 24.8 Å². The number of carbonyl (C=O) groups is 1. The first-order valence-corrected chi connectivity index (χ1v) is 14.1. The van der Waals surface area contributed by atoms with Crippen molar-refractivity contribution in [2.24, 2.45) is 0 Å². The van der Waals surface area contributed by atoms with Crippen LogP contribution in [0.15, 0.2) is 70.3 Å². The molecule has 0 aliphatic carbocycles. The summed E-state index contributed by atoms with van der Waals surface area (Å²) in [5.41, 5.74) is 2.86. The molecule has 0 spiro atoms. The zero-order valence-electron chi connectivity index (χ0n) is 22.2. The van der Waals surface area contributed by atoms with E-state index in [0.29, 0.717) is 72.4 Å². The fourth-order valence-electron chi connectivity index (χ4n) is 4.51. The van der Waals surface area contributed by atoms with E-state index in [9.17, 15) is 4.79 Å². The van der Waals surface area contributed by atoms with Crippen molar-refractivity contribution in [3.63, 3.8) is 0 Å². The monoisotopic (exact) mass is 658 g/mol. The van der Waals surface area contributed by atoms with Crippen molar-refractivity contribution in [1.82, 2.24) is 20.2 Å². The molecule has 1 atom stereocenters. The van der Waals surface area contributed by atoms with Crippen LogP contribution in [-0.4, -0.2) is 39.8 Å². The van der Waals surface area contributed by atoms with E-state index in [1.807, 2.05) is 25.1 Å². The Hall–Kier alpha value is -3.80. The number of nitrogens with one attached hydrogen (secondary N) is 2. The number of halogens is 3. The van der Waals surface area contributed by atoms with Gasteiger partial charge in [-0.1, -0.05) is 46.5 Å². The number of hydrogen-bond donors (Lipinski definition) is 2. The first-order chi connectivity index (χ1) is 19.8. The summed E-state index contributed by atoms with van der Waals surface area (Å²) in [5, 5.41) is 19.2. The number of fused-ring (bicyclic) bond motifs is 1. The Morgan fingerprint density at radius 3 is 2.59 bits per heavy atom. The Balaban J connectivity index is 1.52. The molecule has 0 radical (unpaired) electrons. The van der Waals surface area contributed by atoms with Gasteiger partial charge >= 0.3 is 0 Å². The number of rotatable bonds is 9. The smallest absolute Gasteiger partial charge is 0.255 e. The largest absolute Gasteiger partial charge is 0.493 e. The number of tetrazole rings is 1. The third kappa shape index (κ3) is 5.83. The molecule has 212 valence electrons. The van der Waals surface area contributed by atoms with Gasteiger partial charge in [-0.15, -0.1) is 0 Å². The van der Waals surface area contributed by atoms with Gasteiger partial charge in [0.2, 0.25) is 5.95 Å². The lowest BCUT2D eigenvalue weighted by molar-refractivity contribution is -0.113. The molecule has 13 heteroatoms. The summed E-state index contributed by atoms with van der Waals surface area (Å²) in [7, 11) is 1.53. The molecule has 41 heavy (non-hydrogen) atoms. The molecule has 1 aliphatic rings. The van der Waals surface area contributed by atoms with Crippen molar-refractivity contribution < 1.29 is 19.0 Å². The van der Waals surface area contributed by atoms with Crippen LogP contribution in [0.3, 0.4) is 0 Å². The molecule has 0 saturated heterocycles. The number of aromatic nitrogens is 4. The topological polar surface area (TPSA) is 112 Å². The summed E-state index contributed by atoms with van der Waals surface area (Å²) in [6.45, 7) is 4.25. The molecule has 10 nitrogen and oxygen atoms in total. The normalized spacial score (nSPS) is 14.2. The zero-order chi connectivity index (χ0) is 29.1. The van der Waals surface area contributed by atoms with Crippen LogP contribution in [0.2, 0.25) is 10.0 Å². The van der Waals surface area contributed by atoms with Crippen LogP contribution in [0, 0.1) is 0 Å². The maximum atomic E-state index is 13.8. The molecule has 1 aliphatic heterocycles. The Kier molecular flexibility index (Phi) is 8.67. The highest BCUT2D eigenvalue weighted by Crippen LogP contribution is 2.43. The van der Waals surface area contributed by atoms with E-state index in [1.54, 1.807) is 48.0 Å². The highest BCUT2D eigenvalue weighted by Gasteiger charge is 2.35. The molecule has 0 fully saturated rings. The van der Waals surface area contributed by atoms with Crippen LogP contribution in [0.25, 0.3) is 0 Å². The van der Waals surface area contributed by atoms with Crippen molar-refractivity contribution in [1.29, 1.82) is 0 Å². The third-order valence-corrected chi connectivity index (χ3v) is 7.68. The van der Waals surface area contributed by atoms with E-state index in [2.05, 4.69) is 42.1 Å². The van der Waals surface area contributed by atoms with E-state index in [-0.39, 0.29) is 12.5 Å². The Bertz CT molecular complexity index is 1620. The Labute approximate surface area is 254 Å². The number of hydrogen-bond acceptors (Lipinski definition) is 8. The number of anilines is 2. The average molecular weight is 660 g/mol. The molecular weight excluding hydrogens is 635 g/mol. The van der Waals surface area contributed by atoms with Gasteiger partial charge in [-0.2, -0.15) is 4.68 Å². The van der Waals surface area contributed by atoms with Crippen molar-refractivity contribution in [3.05, 3.63) is 91.5 Å². The van der Waals surface area contributed by atoms with Gasteiger partial charge in [-0.25, -0.2) is 0 Å². The highest BCUT2D eigenvalue weighted by molar-refractivity contribution is 9.10. The molecule has 3 aromatic carbocycles. The minimum absolute atomic E-state index is 0.114.